The van der Waals surface area contributed by atoms with E-state index in [1.165, 1.54) is 22.2 Å². The number of amides is 1. The zero-order valence-electron chi connectivity index (χ0n) is 18.3. The summed E-state index contributed by atoms with van der Waals surface area (Å²) in [6.07, 6.45) is -1.10. The van der Waals surface area contributed by atoms with Gasteiger partial charge in [0.25, 0.3) is 0 Å². The van der Waals surface area contributed by atoms with E-state index < -0.39 is 21.9 Å². The van der Waals surface area contributed by atoms with Crippen molar-refractivity contribution in [2.24, 2.45) is 0 Å². The molecule has 0 saturated carbocycles. The molecule has 2 aromatic rings. The normalized spacial score (nSPS) is 17.7. The molecule has 0 radical (unpaired) electrons. The number of piperazine rings is 1. The number of aliphatic hydroxyl groups is 1. The number of hydrogen-bond donors (Lipinski definition) is 1. The van der Waals surface area contributed by atoms with Gasteiger partial charge in [0.1, 0.15) is 6.10 Å². The molecular weight excluding hydrogens is 466 g/mol. The van der Waals surface area contributed by atoms with Gasteiger partial charge in [-0.25, -0.2) is 8.42 Å². The molecule has 0 aromatic heterocycles. The highest BCUT2D eigenvalue weighted by molar-refractivity contribution is 7.89. The van der Waals surface area contributed by atoms with E-state index in [1.54, 1.807) is 18.2 Å². The molecule has 1 atom stereocenters. The Morgan fingerprint density at radius 1 is 1.06 bits per heavy atom. The molecule has 2 aromatic carbocycles. The summed E-state index contributed by atoms with van der Waals surface area (Å²) >= 11 is 6.08. The molecule has 8 nitrogen and oxygen atoms in total. The number of nitrogens with zero attached hydrogens (tertiary/aromatic N) is 3. The van der Waals surface area contributed by atoms with Crippen molar-refractivity contribution in [3.8, 4) is 0 Å². The minimum Gasteiger partial charge on any atom is -0.385 e. The maximum atomic E-state index is 13.3. The molecule has 1 N–H and O–H groups in total. The molecular formula is C23H26ClN3O5S. The Labute approximate surface area is 198 Å². The predicted octanol–water partition coefficient (Wildman–Crippen LogP) is 2.08. The van der Waals surface area contributed by atoms with Gasteiger partial charge in [0.05, 0.1) is 11.3 Å². The molecule has 2 aliphatic heterocycles. The number of rotatable bonds is 6. The SMILES string of the molecule is CC(=O)C(O)CC(=O)N1CCc2cc(S(=O)(=O)N3CCN(c4cccc(Cl)c4)CC3)ccc21. The summed E-state index contributed by atoms with van der Waals surface area (Å²) < 4.78 is 28.0. The molecule has 0 spiro atoms. The summed E-state index contributed by atoms with van der Waals surface area (Å²) in [5, 5.41) is 10.4. The van der Waals surface area contributed by atoms with Crippen molar-refractivity contribution in [2.75, 3.05) is 42.5 Å². The number of anilines is 2. The highest BCUT2D eigenvalue weighted by Crippen LogP contribution is 2.32. The number of Topliss-reactive ketones (excluding diaryl/α,β-unsaturated/α-hetero) is 1. The molecule has 1 fully saturated rings. The molecule has 2 heterocycles. The van der Waals surface area contributed by atoms with Crippen LogP contribution in [0.25, 0.3) is 0 Å². The number of hydrogen-bond acceptors (Lipinski definition) is 6. The van der Waals surface area contributed by atoms with Gasteiger partial charge in [-0.15, -0.1) is 0 Å². The first-order chi connectivity index (χ1) is 15.7. The van der Waals surface area contributed by atoms with Gasteiger partial charge in [-0.2, -0.15) is 4.31 Å². The van der Waals surface area contributed by atoms with Crippen molar-refractivity contribution in [1.29, 1.82) is 0 Å². The van der Waals surface area contributed by atoms with E-state index in [-0.39, 0.29) is 17.2 Å². The standard InChI is InChI=1S/C23H26ClN3O5S/c1-16(28)22(29)15-23(30)27-8-7-17-13-20(5-6-21(17)27)33(31,32)26-11-9-25(10-12-26)19-4-2-3-18(24)14-19/h2-6,13-14,22,29H,7-12,15H2,1H3. The van der Waals surface area contributed by atoms with Crippen LogP contribution in [-0.4, -0.2) is 68.3 Å². The Balaban J connectivity index is 1.45. The van der Waals surface area contributed by atoms with Crippen LogP contribution in [0.15, 0.2) is 47.4 Å². The Hall–Kier alpha value is -2.46. The fourth-order valence-corrected chi connectivity index (χ4v) is 5.88. The van der Waals surface area contributed by atoms with Gasteiger partial charge in [0.15, 0.2) is 5.78 Å². The quantitative estimate of drug-likeness (QED) is 0.664. The second kappa shape index (κ2) is 9.42. The Kier molecular flexibility index (Phi) is 6.76. The Morgan fingerprint density at radius 3 is 2.45 bits per heavy atom. The molecule has 4 rings (SSSR count). The fourth-order valence-electron chi connectivity index (χ4n) is 4.23. The van der Waals surface area contributed by atoms with Crippen molar-refractivity contribution in [2.45, 2.75) is 30.8 Å². The summed E-state index contributed by atoms with van der Waals surface area (Å²) in [5.74, 6) is -0.816. The van der Waals surface area contributed by atoms with E-state index in [4.69, 9.17) is 11.6 Å². The maximum Gasteiger partial charge on any atom is 0.243 e. The lowest BCUT2D eigenvalue weighted by atomic mass is 10.1. The highest BCUT2D eigenvalue weighted by Gasteiger charge is 2.32. The number of carbonyl (C=O) groups excluding carboxylic acids is 2. The van der Waals surface area contributed by atoms with Crippen molar-refractivity contribution in [1.82, 2.24) is 4.31 Å². The summed E-state index contributed by atoms with van der Waals surface area (Å²) in [5.41, 5.74) is 2.36. The zero-order chi connectivity index (χ0) is 23.8. The molecule has 0 aliphatic carbocycles. The van der Waals surface area contributed by atoms with E-state index in [0.29, 0.717) is 49.9 Å². The smallest absolute Gasteiger partial charge is 0.243 e. The predicted molar refractivity (Wildman–Crippen MR) is 126 cm³/mol. The average molecular weight is 492 g/mol. The topological polar surface area (TPSA) is 98.2 Å². The van der Waals surface area contributed by atoms with Gasteiger partial charge in [0, 0.05) is 49.1 Å². The first kappa shape index (κ1) is 23.7. The molecule has 176 valence electrons. The van der Waals surface area contributed by atoms with Crippen molar-refractivity contribution in [3.63, 3.8) is 0 Å². The lowest BCUT2D eigenvalue weighted by Gasteiger charge is -2.35. The molecule has 1 unspecified atom stereocenters. The highest BCUT2D eigenvalue weighted by atomic mass is 35.5. The first-order valence-corrected chi connectivity index (χ1v) is 12.6. The molecule has 2 aliphatic rings. The number of benzene rings is 2. The Bertz CT molecular complexity index is 1180. The third-order valence-electron chi connectivity index (χ3n) is 6.13. The van der Waals surface area contributed by atoms with E-state index in [0.717, 1.165) is 11.3 Å². The summed E-state index contributed by atoms with van der Waals surface area (Å²) in [6, 6.07) is 12.3. The number of sulfonamides is 1. The minimum absolute atomic E-state index is 0.204. The molecule has 0 bridgehead atoms. The fraction of sp³-hybridized carbons (Fsp3) is 0.391. The third-order valence-corrected chi connectivity index (χ3v) is 8.26. The van der Waals surface area contributed by atoms with Crippen LogP contribution in [0.1, 0.15) is 18.9 Å². The monoisotopic (exact) mass is 491 g/mol. The van der Waals surface area contributed by atoms with Crippen molar-refractivity contribution < 1.29 is 23.1 Å². The van der Waals surface area contributed by atoms with Crippen LogP contribution < -0.4 is 9.80 Å². The second-order valence-electron chi connectivity index (χ2n) is 8.29. The van der Waals surface area contributed by atoms with Crippen LogP contribution in [0.4, 0.5) is 11.4 Å². The molecule has 1 saturated heterocycles. The largest absolute Gasteiger partial charge is 0.385 e. The van der Waals surface area contributed by atoms with Crippen LogP contribution in [0.3, 0.4) is 0 Å². The van der Waals surface area contributed by atoms with E-state index in [2.05, 4.69) is 4.90 Å². The first-order valence-electron chi connectivity index (χ1n) is 10.8. The molecule has 10 heteroatoms. The maximum absolute atomic E-state index is 13.3. The summed E-state index contributed by atoms with van der Waals surface area (Å²) in [4.78, 5) is 27.6. The third kappa shape index (κ3) is 4.91. The van der Waals surface area contributed by atoms with Gasteiger partial charge < -0.3 is 14.9 Å². The second-order valence-corrected chi connectivity index (χ2v) is 10.7. The van der Waals surface area contributed by atoms with Gasteiger partial charge in [-0.3, -0.25) is 9.59 Å². The molecule has 33 heavy (non-hydrogen) atoms. The van der Waals surface area contributed by atoms with Gasteiger partial charge in [0.2, 0.25) is 15.9 Å². The number of halogens is 1. The van der Waals surface area contributed by atoms with Crippen LogP contribution in [0.2, 0.25) is 5.02 Å². The summed E-state index contributed by atoms with van der Waals surface area (Å²) in [7, 11) is -3.67. The number of aliphatic hydroxyl groups excluding tert-OH is 1. The zero-order valence-corrected chi connectivity index (χ0v) is 19.8. The van der Waals surface area contributed by atoms with Gasteiger partial charge >= 0.3 is 0 Å². The van der Waals surface area contributed by atoms with Gasteiger partial charge in [-0.05, 0) is 55.3 Å². The molecule has 1 amide bonds. The Morgan fingerprint density at radius 2 is 1.79 bits per heavy atom. The number of carbonyl (C=O) groups is 2. The van der Waals surface area contributed by atoms with Crippen LogP contribution in [0, 0.1) is 0 Å². The van der Waals surface area contributed by atoms with Crippen molar-refractivity contribution in [3.05, 3.63) is 53.1 Å². The van der Waals surface area contributed by atoms with E-state index in [1.807, 2.05) is 18.2 Å². The number of ketones is 1. The average Bonchev–Trinajstić information content (AvgIpc) is 3.22. The van der Waals surface area contributed by atoms with Crippen LogP contribution in [-0.2, 0) is 26.0 Å². The number of fused-ring (bicyclic) bond motifs is 1. The summed E-state index contributed by atoms with van der Waals surface area (Å²) in [6.45, 7) is 3.47. The van der Waals surface area contributed by atoms with Gasteiger partial charge in [-0.1, -0.05) is 17.7 Å². The van der Waals surface area contributed by atoms with Crippen LogP contribution in [0.5, 0.6) is 0 Å². The lowest BCUT2D eigenvalue weighted by Crippen LogP contribution is -2.48. The minimum atomic E-state index is -3.67. The lowest BCUT2D eigenvalue weighted by molar-refractivity contribution is -0.130. The van der Waals surface area contributed by atoms with Crippen LogP contribution >= 0.6 is 11.6 Å². The van der Waals surface area contributed by atoms with Crippen molar-refractivity contribution >= 4 is 44.7 Å². The van der Waals surface area contributed by atoms with E-state index >= 15 is 0 Å². The van der Waals surface area contributed by atoms with E-state index in [9.17, 15) is 23.1 Å².